The molecule has 190 valence electrons. The van der Waals surface area contributed by atoms with Crippen LogP contribution in [0.25, 0.3) is 0 Å². The molecular weight excluding hydrogens is 515 g/mol. The Morgan fingerprint density at radius 1 is 0.906 bits per heavy atom. The van der Waals surface area contributed by atoms with Crippen LogP contribution >= 0.6 is 0 Å². The summed E-state index contributed by atoms with van der Waals surface area (Å²) in [5, 5.41) is 0.233. The van der Waals surface area contributed by atoms with Crippen molar-refractivity contribution in [3.05, 3.63) is 9.67 Å². The zero-order valence-electron chi connectivity index (χ0n) is 23.7. The average Bonchev–Trinajstić information content (AvgIpc) is 2.70. The number of allylic oxidation sites excluding steroid dienone is 1. The Morgan fingerprint density at radius 3 is 1.75 bits per heavy atom. The molecule has 0 radical (unpaired) electrons. The van der Waals surface area contributed by atoms with E-state index in [1.807, 2.05) is 0 Å². The first-order chi connectivity index (χ1) is 14.8. The van der Waals surface area contributed by atoms with Gasteiger partial charge >= 0.3 is 209 Å². The monoisotopic (exact) mass is 574 g/mol. The minimum absolute atomic E-state index is 0.233. The van der Waals surface area contributed by atoms with Gasteiger partial charge in [0.25, 0.3) is 0 Å². The van der Waals surface area contributed by atoms with Crippen LogP contribution < -0.4 is 0 Å². The molecule has 0 atom stereocenters. The van der Waals surface area contributed by atoms with Crippen LogP contribution in [0.1, 0.15) is 113 Å². The standard InChI is InChI=1S/C16H31O2Si.3C4H9.Sn/c1-14(2)11-12-15(17)10-8-9-13-18-19(6,7)16(3,4)5;3*1-3-4-2;/h10,14H,9,11-13H2,1-7H3;3*1,3-4H2,2H3;. The fourth-order valence-corrected chi connectivity index (χ4v) is 22.1. The number of carbonyl (C=O) groups is 1. The summed E-state index contributed by atoms with van der Waals surface area (Å²) in [6, 6.07) is 0. The van der Waals surface area contributed by atoms with Crippen LogP contribution in [0.15, 0.2) is 9.67 Å². The first kappa shape index (κ1) is 32.4. The summed E-state index contributed by atoms with van der Waals surface area (Å²) in [5.74, 6) is 0.970. The number of rotatable bonds is 18. The molecule has 0 N–H and O–H groups in total. The molecule has 0 fully saturated rings. The maximum absolute atomic E-state index is 13.1. The molecule has 0 saturated heterocycles. The molecule has 0 aliphatic heterocycles. The zero-order chi connectivity index (χ0) is 24.8. The van der Waals surface area contributed by atoms with E-state index in [9.17, 15) is 4.79 Å². The molecule has 2 nitrogen and oxygen atoms in total. The Bertz CT molecular complexity index is 524. The van der Waals surface area contributed by atoms with Crippen molar-refractivity contribution in [2.24, 2.45) is 5.92 Å². The minimum atomic E-state index is -2.62. The third-order valence-electron chi connectivity index (χ3n) is 7.65. The molecule has 0 aromatic rings. The number of hydrogen-bond acceptors (Lipinski definition) is 2. The number of carbonyl (C=O) groups excluding carboxylic acids is 1. The summed E-state index contributed by atoms with van der Waals surface area (Å²) in [4.78, 5) is 13.1. The Balaban J connectivity index is 5.96. The van der Waals surface area contributed by atoms with Gasteiger partial charge in [-0.05, 0) is 0 Å². The molecule has 0 heterocycles. The maximum atomic E-state index is 13.1. The molecule has 0 unspecified atom stereocenters. The molecule has 0 saturated carbocycles. The van der Waals surface area contributed by atoms with Crippen LogP contribution in [0, 0.1) is 5.92 Å². The summed E-state index contributed by atoms with van der Waals surface area (Å²) >= 11 is -2.62. The number of hydrogen-bond donors (Lipinski definition) is 0. The van der Waals surface area contributed by atoms with Crippen LogP contribution in [0.4, 0.5) is 0 Å². The van der Waals surface area contributed by atoms with Gasteiger partial charge in [0.2, 0.25) is 0 Å². The molecule has 0 aromatic heterocycles. The van der Waals surface area contributed by atoms with Gasteiger partial charge in [0.15, 0.2) is 0 Å². The molecule has 4 heteroatoms. The summed E-state index contributed by atoms with van der Waals surface area (Å²) in [5.41, 5.74) is 0. The van der Waals surface area contributed by atoms with E-state index >= 15 is 0 Å². The van der Waals surface area contributed by atoms with E-state index in [4.69, 9.17) is 4.43 Å². The van der Waals surface area contributed by atoms with E-state index in [2.05, 4.69) is 74.6 Å². The summed E-state index contributed by atoms with van der Waals surface area (Å²) < 4.78 is 12.5. The second-order valence-electron chi connectivity index (χ2n) is 12.0. The Hall–Kier alpha value is 0.386. The van der Waals surface area contributed by atoms with Crippen molar-refractivity contribution in [1.82, 2.24) is 0 Å². The van der Waals surface area contributed by atoms with Gasteiger partial charge in [-0.25, -0.2) is 0 Å². The molecule has 32 heavy (non-hydrogen) atoms. The van der Waals surface area contributed by atoms with Crippen molar-refractivity contribution < 1.29 is 9.22 Å². The van der Waals surface area contributed by atoms with Gasteiger partial charge < -0.3 is 0 Å². The van der Waals surface area contributed by atoms with E-state index in [1.54, 1.807) is 3.59 Å². The Labute approximate surface area is 207 Å². The first-order valence-electron chi connectivity index (χ1n) is 13.7. The molecule has 0 aromatic carbocycles. The third-order valence-corrected chi connectivity index (χ3v) is 28.4. The molecular formula is C28H58O2SiSn. The van der Waals surface area contributed by atoms with Gasteiger partial charge in [-0.2, -0.15) is 0 Å². The van der Waals surface area contributed by atoms with Gasteiger partial charge in [0.05, 0.1) is 0 Å². The zero-order valence-corrected chi connectivity index (χ0v) is 27.5. The van der Waals surface area contributed by atoms with Crippen molar-refractivity contribution in [1.29, 1.82) is 0 Å². The fourth-order valence-electron chi connectivity index (χ4n) is 4.22. The third kappa shape index (κ3) is 12.2. The van der Waals surface area contributed by atoms with Crippen molar-refractivity contribution in [2.75, 3.05) is 6.61 Å². The molecule has 0 bridgehead atoms. The first-order valence-corrected chi connectivity index (χ1v) is 24.1. The van der Waals surface area contributed by atoms with E-state index in [-0.39, 0.29) is 5.04 Å². The fraction of sp³-hybridized carbons (Fsp3) is 0.893. The van der Waals surface area contributed by atoms with E-state index < -0.39 is 26.7 Å². The van der Waals surface area contributed by atoms with Crippen LogP contribution in [0.3, 0.4) is 0 Å². The van der Waals surface area contributed by atoms with Crippen molar-refractivity contribution in [3.63, 3.8) is 0 Å². The Morgan fingerprint density at radius 2 is 1.38 bits per heavy atom. The Kier molecular flexibility index (Phi) is 16.3. The van der Waals surface area contributed by atoms with Gasteiger partial charge in [0.1, 0.15) is 0 Å². The van der Waals surface area contributed by atoms with Gasteiger partial charge in [-0.3, -0.25) is 0 Å². The second-order valence-corrected chi connectivity index (χ2v) is 30.2. The van der Waals surface area contributed by atoms with Crippen LogP contribution in [0.2, 0.25) is 31.4 Å². The van der Waals surface area contributed by atoms with E-state index in [1.165, 1.54) is 51.8 Å². The second kappa shape index (κ2) is 16.1. The molecule has 0 aliphatic carbocycles. The van der Waals surface area contributed by atoms with Gasteiger partial charge in [0, 0.05) is 0 Å². The van der Waals surface area contributed by atoms with Gasteiger partial charge in [-0.15, -0.1) is 0 Å². The molecule has 0 amide bonds. The van der Waals surface area contributed by atoms with Crippen molar-refractivity contribution in [3.8, 4) is 0 Å². The molecule has 0 spiro atoms. The average molecular weight is 574 g/mol. The van der Waals surface area contributed by atoms with E-state index in [0.717, 1.165) is 19.4 Å². The van der Waals surface area contributed by atoms with Crippen LogP contribution in [0.5, 0.6) is 0 Å². The van der Waals surface area contributed by atoms with Crippen molar-refractivity contribution in [2.45, 2.75) is 145 Å². The van der Waals surface area contributed by atoms with Gasteiger partial charge in [-0.1, -0.05) is 0 Å². The van der Waals surface area contributed by atoms with E-state index in [0.29, 0.717) is 18.1 Å². The van der Waals surface area contributed by atoms with Crippen LogP contribution in [-0.2, 0) is 9.22 Å². The summed E-state index contributed by atoms with van der Waals surface area (Å²) in [7, 11) is -1.77. The SMILES string of the molecule is CCC[CH2][Sn]([CH2]CCC)([CH2]CCC)/[C](=C/C(=O)CCC(C)C)CCO[Si](C)(C)C(C)(C)C. The topological polar surface area (TPSA) is 26.3 Å². The van der Waals surface area contributed by atoms with Crippen LogP contribution in [-0.4, -0.2) is 39.1 Å². The predicted octanol–water partition coefficient (Wildman–Crippen LogP) is 9.72. The summed E-state index contributed by atoms with van der Waals surface area (Å²) in [6.45, 7) is 23.9. The number of unbranched alkanes of at least 4 members (excludes halogenated alkanes) is 3. The predicted molar refractivity (Wildman–Crippen MR) is 150 cm³/mol. The summed E-state index contributed by atoms with van der Waals surface area (Å²) in [6.07, 6.45) is 12.7. The molecule has 0 rings (SSSR count). The number of ketones is 1. The normalized spacial score (nSPS) is 13.8. The van der Waals surface area contributed by atoms with Crippen molar-refractivity contribution >= 4 is 32.5 Å². The quantitative estimate of drug-likeness (QED) is 0.121. The molecule has 0 aliphatic rings.